The lowest BCUT2D eigenvalue weighted by Crippen LogP contribution is -2.26. The van der Waals surface area contributed by atoms with Crippen LogP contribution in [-0.4, -0.2) is 15.8 Å². The van der Waals surface area contributed by atoms with Crippen LogP contribution in [0.5, 0.6) is 0 Å². The summed E-state index contributed by atoms with van der Waals surface area (Å²) in [6.07, 6.45) is 10.8. The lowest BCUT2D eigenvalue weighted by molar-refractivity contribution is 0.327. The van der Waals surface area contributed by atoms with Gasteiger partial charge in [0, 0.05) is 18.8 Å². The van der Waals surface area contributed by atoms with Gasteiger partial charge in [-0.25, -0.2) is 0 Å². The first-order valence-corrected chi connectivity index (χ1v) is 6.60. The van der Waals surface area contributed by atoms with E-state index in [2.05, 4.69) is 30.5 Å². The van der Waals surface area contributed by atoms with Crippen molar-refractivity contribution in [1.29, 1.82) is 0 Å². The maximum absolute atomic E-state index is 4.29. The molecule has 0 spiro atoms. The van der Waals surface area contributed by atoms with Crippen LogP contribution in [0.15, 0.2) is 12.4 Å². The largest absolute Gasteiger partial charge is 0.380 e. The van der Waals surface area contributed by atoms with Crippen molar-refractivity contribution in [1.82, 2.24) is 9.78 Å². The SMILES string of the molecule is CCC1CCCC(Nc2cnn(CC)c2)C1. The molecule has 1 aliphatic rings. The first-order valence-electron chi connectivity index (χ1n) is 6.60. The first-order chi connectivity index (χ1) is 7.81. The number of hydrogen-bond donors (Lipinski definition) is 1. The van der Waals surface area contributed by atoms with Crippen molar-refractivity contribution in [3.05, 3.63) is 12.4 Å². The second-order valence-corrected chi connectivity index (χ2v) is 4.87. The molecule has 1 fully saturated rings. The molecule has 1 aromatic rings. The molecule has 90 valence electrons. The fourth-order valence-electron chi connectivity index (χ4n) is 2.64. The van der Waals surface area contributed by atoms with Gasteiger partial charge in [-0.05, 0) is 25.7 Å². The number of aromatic nitrogens is 2. The molecule has 0 radical (unpaired) electrons. The Morgan fingerprint density at radius 1 is 1.44 bits per heavy atom. The minimum Gasteiger partial charge on any atom is -0.380 e. The van der Waals surface area contributed by atoms with Crippen LogP contribution in [0.25, 0.3) is 0 Å². The number of nitrogens with one attached hydrogen (secondary N) is 1. The van der Waals surface area contributed by atoms with Gasteiger partial charge in [-0.15, -0.1) is 0 Å². The third-order valence-electron chi connectivity index (χ3n) is 3.69. The van der Waals surface area contributed by atoms with E-state index in [0.717, 1.165) is 12.5 Å². The van der Waals surface area contributed by atoms with E-state index in [9.17, 15) is 0 Å². The fourth-order valence-corrected chi connectivity index (χ4v) is 2.64. The minimum absolute atomic E-state index is 0.660. The number of nitrogens with zero attached hydrogens (tertiary/aromatic N) is 2. The van der Waals surface area contributed by atoms with Crippen molar-refractivity contribution in [3.8, 4) is 0 Å². The molecule has 1 N–H and O–H groups in total. The smallest absolute Gasteiger partial charge is 0.0728 e. The molecule has 3 nitrogen and oxygen atoms in total. The number of aryl methyl sites for hydroxylation is 1. The Bertz CT molecular complexity index is 319. The van der Waals surface area contributed by atoms with Gasteiger partial charge in [0.05, 0.1) is 11.9 Å². The summed E-state index contributed by atoms with van der Waals surface area (Å²) in [7, 11) is 0. The monoisotopic (exact) mass is 221 g/mol. The molecular formula is C13H23N3. The normalized spacial score (nSPS) is 25.6. The van der Waals surface area contributed by atoms with E-state index in [1.807, 2.05) is 10.9 Å². The summed E-state index contributed by atoms with van der Waals surface area (Å²) in [5, 5.41) is 7.91. The molecule has 0 bridgehead atoms. The second kappa shape index (κ2) is 5.37. The van der Waals surface area contributed by atoms with Crippen LogP contribution in [0.1, 0.15) is 46.0 Å². The molecule has 0 amide bonds. The molecule has 2 rings (SSSR count). The number of rotatable bonds is 4. The van der Waals surface area contributed by atoms with Gasteiger partial charge < -0.3 is 5.32 Å². The van der Waals surface area contributed by atoms with Crippen LogP contribution in [0.2, 0.25) is 0 Å². The Morgan fingerprint density at radius 2 is 2.31 bits per heavy atom. The molecule has 16 heavy (non-hydrogen) atoms. The van der Waals surface area contributed by atoms with Gasteiger partial charge in [0.25, 0.3) is 0 Å². The Hall–Kier alpha value is -0.990. The van der Waals surface area contributed by atoms with Gasteiger partial charge in [0.15, 0.2) is 0 Å². The van der Waals surface area contributed by atoms with Crippen LogP contribution >= 0.6 is 0 Å². The van der Waals surface area contributed by atoms with Crippen molar-refractivity contribution >= 4 is 5.69 Å². The summed E-state index contributed by atoms with van der Waals surface area (Å²) in [5.74, 6) is 0.924. The Labute approximate surface area is 98.2 Å². The number of hydrogen-bond acceptors (Lipinski definition) is 2. The molecule has 1 aliphatic carbocycles. The molecule has 0 aromatic carbocycles. The van der Waals surface area contributed by atoms with Gasteiger partial charge in [-0.2, -0.15) is 5.10 Å². The molecule has 1 saturated carbocycles. The van der Waals surface area contributed by atoms with Crippen molar-refractivity contribution in [2.24, 2.45) is 5.92 Å². The van der Waals surface area contributed by atoms with E-state index in [1.165, 1.54) is 37.8 Å². The highest BCUT2D eigenvalue weighted by molar-refractivity contribution is 5.39. The van der Waals surface area contributed by atoms with Gasteiger partial charge >= 0.3 is 0 Å². The zero-order valence-corrected chi connectivity index (χ0v) is 10.4. The molecule has 2 atom stereocenters. The predicted molar refractivity (Wildman–Crippen MR) is 67.6 cm³/mol. The average molecular weight is 221 g/mol. The number of anilines is 1. The molecule has 0 saturated heterocycles. The lowest BCUT2D eigenvalue weighted by Gasteiger charge is -2.29. The minimum atomic E-state index is 0.660. The van der Waals surface area contributed by atoms with E-state index >= 15 is 0 Å². The Kier molecular flexibility index (Phi) is 3.86. The maximum Gasteiger partial charge on any atom is 0.0728 e. The van der Waals surface area contributed by atoms with Crippen molar-refractivity contribution in [2.75, 3.05) is 5.32 Å². The second-order valence-electron chi connectivity index (χ2n) is 4.87. The highest BCUT2D eigenvalue weighted by Gasteiger charge is 2.20. The molecule has 1 heterocycles. The van der Waals surface area contributed by atoms with E-state index < -0.39 is 0 Å². The maximum atomic E-state index is 4.29. The van der Waals surface area contributed by atoms with Crippen LogP contribution in [0, 0.1) is 5.92 Å². The molecule has 0 aliphatic heterocycles. The van der Waals surface area contributed by atoms with Gasteiger partial charge in [-0.3, -0.25) is 4.68 Å². The Balaban J connectivity index is 1.88. The standard InChI is InChI=1S/C13H23N3/c1-3-11-6-5-7-12(8-11)15-13-9-14-16(4-2)10-13/h9-12,15H,3-8H2,1-2H3. The summed E-state index contributed by atoms with van der Waals surface area (Å²) in [5.41, 5.74) is 1.18. The topological polar surface area (TPSA) is 29.9 Å². The van der Waals surface area contributed by atoms with Gasteiger partial charge in [0.2, 0.25) is 0 Å². The van der Waals surface area contributed by atoms with Crippen LogP contribution < -0.4 is 5.32 Å². The first kappa shape index (κ1) is 11.5. The van der Waals surface area contributed by atoms with Gasteiger partial charge in [0.1, 0.15) is 0 Å². The van der Waals surface area contributed by atoms with Crippen molar-refractivity contribution in [2.45, 2.75) is 58.5 Å². The van der Waals surface area contributed by atoms with Gasteiger partial charge in [-0.1, -0.05) is 26.2 Å². The van der Waals surface area contributed by atoms with Crippen molar-refractivity contribution in [3.63, 3.8) is 0 Å². The van der Waals surface area contributed by atoms with E-state index in [-0.39, 0.29) is 0 Å². The lowest BCUT2D eigenvalue weighted by atomic mass is 9.84. The quantitative estimate of drug-likeness (QED) is 0.845. The molecule has 1 aromatic heterocycles. The van der Waals surface area contributed by atoms with Crippen LogP contribution in [-0.2, 0) is 6.54 Å². The third kappa shape index (κ3) is 2.77. The molecular weight excluding hydrogens is 198 g/mol. The third-order valence-corrected chi connectivity index (χ3v) is 3.69. The van der Waals surface area contributed by atoms with Crippen LogP contribution in [0.3, 0.4) is 0 Å². The fraction of sp³-hybridized carbons (Fsp3) is 0.769. The van der Waals surface area contributed by atoms with Crippen molar-refractivity contribution < 1.29 is 0 Å². The summed E-state index contributed by atoms with van der Waals surface area (Å²) in [6.45, 7) is 5.37. The zero-order valence-electron chi connectivity index (χ0n) is 10.4. The summed E-state index contributed by atoms with van der Waals surface area (Å²) in [4.78, 5) is 0. The highest BCUT2D eigenvalue weighted by Crippen LogP contribution is 2.28. The summed E-state index contributed by atoms with van der Waals surface area (Å²) < 4.78 is 1.97. The zero-order chi connectivity index (χ0) is 11.4. The predicted octanol–water partition coefficient (Wildman–Crippen LogP) is 3.28. The average Bonchev–Trinajstić information content (AvgIpc) is 2.77. The van der Waals surface area contributed by atoms with E-state index in [4.69, 9.17) is 0 Å². The highest BCUT2D eigenvalue weighted by atomic mass is 15.3. The summed E-state index contributed by atoms with van der Waals surface area (Å²) in [6, 6.07) is 0.660. The Morgan fingerprint density at radius 3 is 3.00 bits per heavy atom. The summed E-state index contributed by atoms with van der Waals surface area (Å²) >= 11 is 0. The van der Waals surface area contributed by atoms with Crippen LogP contribution in [0.4, 0.5) is 5.69 Å². The van der Waals surface area contributed by atoms with E-state index in [1.54, 1.807) is 0 Å². The van der Waals surface area contributed by atoms with E-state index in [0.29, 0.717) is 6.04 Å². The molecule has 3 heteroatoms. The molecule has 2 unspecified atom stereocenters.